The summed E-state index contributed by atoms with van der Waals surface area (Å²) in [4.78, 5) is 11.5. The molecule has 3 heterocycles. The molecule has 0 amide bonds. The quantitative estimate of drug-likeness (QED) is 0.923. The normalized spacial score (nSPS) is 16.2. The van der Waals surface area contributed by atoms with Gasteiger partial charge >= 0.3 is 0 Å². The van der Waals surface area contributed by atoms with E-state index < -0.39 is 5.82 Å². The molecule has 0 atom stereocenters. The smallest absolute Gasteiger partial charge is 0.250 e. The number of hydrogen-bond donors (Lipinski definition) is 1. The first kappa shape index (κ1) is 16.9. The molecule has 0 saturated carbocycles. The maximum atomic E-state index is 13.5. The highest BCUT2D eigenvalue weighted by Crippen LogP contribution is 2.22. The topological polar surface area (TPSA) is 64.3 Å². The van der Waals surface area contributed by atoms with Crippen molar-refractivity contribution in [2.24, 2.45) is 0 Å². The minimum atomic E-state index is -0.403. The third-order valence-corrected chi connectivity index (χ3v) is 4.30. The van der Waals surface area contributed by atoms with Crippen molar-refractivity contribution >= 4 is 28.9 Å². The van der Waals surface area contributed by atoms with Crippen LogP contribution in [0.15, 0.2) is 24.5 Å². The van der Waals surface area contributed by atoms with Crippen molar-refractivity contribution < 1.29 is 9.13 Å². The number of hydrogen-bond acceptors (Lipinski definition) is 6. The molecule has 120 valence electrons. The molecule has 0 aromatic carbocycles. The Morgan fingerprint density at radius 3 is 2.77 bits per heavy atom. The first-order chi connectivity index (χ1) is 10.2. The number of halogens is 2. The Morgan fingerprint density at radius 2 is 2.14 bits per heavy atom. The molecule has 8 heteroatoms. The van der Waals surface area contributed by atoms with Gasteiger partial charge in [0.05, 0.1) is 0 Å². The van der Waals surface area contributed by atoms with Crippen LogP contribution >= 0.6 is 23.7 Å². The number of rotatable bonds is 4. The van der Waals surface area contributed by atoms with E-state index in [2.05, 4.69) is 14.9 Å². The minimum absolute atomic E-state index is 0. The van der Waals surface area contributed by atoms with Crippen molar-refractivity contribution in [2.75, 3.05) is 18.8 Å². The first-order valence-electron chi connectivity index (χ1n) is 6.90. The van der Waals surface area contributed by atoms with Crippen molar-refractivity contribution in [1.29, 1.82) is 0 Å². The van der Waals surface area contributed by atoms with Gasteiger partial charge in [-0.25, -0.2) is 14.4 Å². The summed E-state index contributed by atoms with van der Waals surface area (Å²) in [6.45, 7) is 2.69. The summed E-state index contributed by atoms with van der Waals surface area (Å²) >= 11 is 1.52. The fraction of sp³-hybridized carbons (Fsp3) is 0.429. The van der Waals surface area contributed by atoms with Crippen LogP contribution in [0, 0.1) is 5.82 Å². The largest absolute Gasteiger partial charge is 0.472 e. The fourth-order valence-corrected chi connectivity index (χ4v) is 3.14. The molecule has 22 heavy (non-hydrogen) atoms. The second kappa shape index (κ2) is 7.71. The van der Waals surface area contributed by atoms with Crippen molar-refractivity contribution in [3.05, 3.63) is 35.2 Å². The van der Waals surface area contributed by atoms with Crippen molar-refractivity contribution in [2.45, 2.75) is 25.5 Å². The van der Waals surface area contributed by atoms with Gasteiger partial charge in [-0.05, 0) is 25.0 Å². The second-order valence-electron chi connectivity index (χ2n) is 5.05. The number of ether oxygens (including phenoxy) is 1. The molecule has 2 N–H and O–H groups in total. The van der Waals surface area contributed by atoms with Crippen LogP contribution < -0.4 is 10.5 Å². The SMILES string of the molecule is Cl.Nc1ncc(CN2CCC(Oc3ncccc3F)CC2)s1. The molecule has 1 aliphatic heterocycles. The van der Waals surface area contributed by atoms with Gasteiger partial charge in [0.15, 0.2) is 10.9 Å². The summed E-state index contributed by atoms with van der Waals surface area (Å²) in [7, 11) is 0. The molecule has 1 saturated heterocycles. The van der Waals surface area contributed by atoms with E-state index in [1.165, 1.54) is 22.3 Å². The van der Waals surface area contributed by atoms with Gasteiger partial charge in [0.2, 0.25) is 0 Å². The molecule has 2 aromatic heterocycles. The molecule has 5 nitrogen and oxygen atoms in total. The van der Waals surface area contributed by atoms with Gasteiger partial charge in [0.1, 0.15) is 6.10 Å². The van der Waals surface area contributed by atoms with Gasteiger partial charge in [-0.3, -0.25) is 4.90 Å². The van der Waals surface area contributed by atoms with Crippen molar-refractivity contribution in [3.63, 3.8) is 0 Å². The minimum Gasteiger partial charge on any atom is -0.472 e. The Morgan fingerprint density at radius 1 is 1.36 bits per heavy atom. The van der Waals surface area contributed by atoms with Crippen LogP contribution in [0.2, 0.25) is 0 Å². The predicted octanol–water partition coefficient (Wildman–Crippen LogP) is 2.72. The zero-order chi connectivity index (χ0) is 14.7. The average Bonchev–Trinajstić information content (AvgIpc) is 2.89. The Labute approximate surface area is 138 Å². The van der Waals surface area contributed by atoms with E-state index in [4.69, 9.17) is 10.5 Å². The van der Waals surface area contributed by atoms with E-state index in [-0.39, 0.29) is 24.4 Å². The Kier molecular flexibility index (Phi) is 5.93. The van der Waals surface area contributed by atoms with E-state index in [0.29, 0.717) is 5.13 Å². The number of piperidine rings is 1. The average molecular weight is 345 g/mol. The number of pyridine rings is 1. The summed E-state index contributed by atoms with van der Waals surface area (Å²) in [5.74, 6) is -0.300. The molecule has 1 aliphatic rings. The van der Waals surface area contributed by atoms with Crippen molar-refractivity contribution in [3.8, 4) is 5.88 Å². The maximum absolute atomic E-state index is 13.5. The summed E-state index contributed by atoms with van der Waals surface area (Å²) in [6.07, 6.45) is 5.12. The van der Waals surface area contributed by atoms with Crippen LogP contribution in [-0.4, -0.2) is 34.1 Å². The van der Waals surface area contributed by atoms with Gasteiger partial charge in [0, 0.05) is 36.9 Å². The number of aromatic nitrogens is 2. The highest BCUT2D eigenvalue weighted by atomic mass is 35.5. The van der Waals surface area contributed by atoms with E-state index in [1.807, 2.05) is 6.20 Å². The maximum Gasteiger partial charge on any atom is 0.250 e. The van der Waals surface area contributed by atoms with Gasteiger partial charge in [-0.1, -0.05) is 0 Å². The van der Waals surface area contributed by atoms with Crippen LogP contribution in [0.1, 0.15) is 17.7 Å². The molecule has 0 unspecified atom stereocenters. The molecule has 0 aliphatic carbocycles. The zero-order valence-corrected chi connectivity index (χ0v) is 13.6. The molecule has 3 rings (SSSR count). The number of nitrogen functional groups attached to an aromatic ring is 1. The van der Waals surface area contributed by atoms with Gasteiger partial charge in [0.25, 0.3) is 5.88 Å². The first-order valence-corrected chi connectivity index (χ1v) is 7.72. The third kappa shape index (κ3) is 4.28. The summed E-state index contributed by atoms with van der Waals surface area (Å²) < 4.78 is 19.1. The molecule has 0 radical (unpaired) electrons. The highest BCUT2D eigenvalue weighted by Gasteiger charge is 2.22. The van der Waals surface area contributed by atoms with Crippen LogP contribution in [0.3, 0.4) is 0 Å². The fourth-order valence-electron chi connectivity index (χ4n) is 2.42. The Balaban J connectivity index is 0.00000176. The summed E-state index contributed by atoms with van der Waals surface area (Å²) in [5.41, 5.74) is 5.63. The zero-order valence-electron chi connectivity index (χ0n) is 11.9. The number of anilines is 1. The summed E-state index contributed by atoms with van der Waals surface area (Å²) in [6, 6.07) is 2.93. The van der Waals surface area contributed by atoms with E-state index >= 15 is 0 Å². The van der Waals surface area contributed by atoms with Gasteiger partial charge in [-0.15, -0.1) is 23.7 Å². The van der Waals surface area contributed by atoms with Crippen LogP contribution in [0.25, 0.3) is 0 Å². The van der Waals surface area contributed by atoms with Crippen LogP contribution in [0.5, 0.6) is 5.88 Å². The molecule has 1 fully saturated rings. The van der Waals surface area contributed by atoms with Gasteiger partial charge < -0.3 is 10.5 Å². The number of nitrogens with two attached hydrogens (primary N) is 1. The lowest BCUT2D eigenvalue weighted by Gasteiger charge is -2.31. The molecule has 0 bridgehead atoms. The van der Waals surface area contributed by atoms with E-state index in [1.54, 1.807) is 12.3 Å². The lowest BCUT2D eigenvalue weighted by atomic mass is 10.1. The predicted molar refractivity (Wildman–Crippen MR) is 86.9 cm³/mol. The third-order valence-electron chi connectivity index (χ3n) is 3.49. The molecule has 0 spiro atoms. The number of thiazole rings is 1. The monoisotopic (exact) mass is 344 g/mol. The highest BCUT2D eigenvalue weighted by molar-refractivity contribution is 7.15. The Bertz CT molecular complexity index is 604. The molecule has 2 aromatic rings. The second-order valence-corrected chi connectivity index (χ2v) is 6.20. The molecular formula is C14H18ClFN4OS. The number of nitrogens with zero attached hydrogens (tertiary/aromatic N) is 3. The molecular weight excluding hydrogens is 327 g/mol. The lowest BCUT2D eigenvalue weighted by Crippen LogP contribution is -2.37. The van der Waals surface area contributed by atoms with Crippen LogP contribution in [-0.2, 0) is 6.54 Å². The van der Waals surface area contributed by atoms with Gasteiger partial charge in [-0.2, -0.15) is 0 Å². The summed E-state index contributed by atoms with van der Waals surface area (Å²) in [5, 5.41) is 0.605. The standard InChI is InChI=1S/C14H17FN4OS.ClH/c15-12-2-1-5-17-13(12)20-10-3-6-19(7-4-10)9-11-8-18-14(16)21-11;/h1-2,5,8,10H,3-4,6-7,9H2,(H2,16,18);1H. The number of likely N-dealkylation sites (tertiary alicyclic amines) is 1. The lowest BCUT2D eigenvalue weighted by molar-refractivity contribution is 0.0901. The van der Waals surface area contributed by atoms with Crippen molar-refractivity contribution in [1.82, 2.24) is 14.9 Å². The van der Waals surface area contributed by atoms with Crippen LogP contribution in [0.4, 0.5) is 9.52 Å². The van der Waals surface area contributed by atoms with E-state index in [0.717, 1.165) is 32.5 Å². The van der Waals surface area contributed by atoms with E-state index in [9.17, 15) is 4.39 Å². The Hall–Kier alpha value is -1.44.